The molecule has 204 valence electrons. The van der Waals surface area contributed by atoms with Crippen LogP contribution in [0.3, 0.4) is 0 Å². The molecule has 4 heteroatoms. The number of fused-ring (bicyclic) bond motifs is 11. The number of nitrogens with zero attached hydrogens (tertiary/aromatic N) is 2. The second-order valence-electron chi connectivity index (χ2n) is 11.4. The first-order chi connectivity index (χ1) is 21.8. The third kappa shape index (κ3) is 3.33. The fourth-order valence-electron chi connectivity index (χ4n) is 6.74. The molecule has 0 aliphatic carbocycles. The Labute approximate surface area is 250 Å². The van der Waals surface area contributed by atoms with Crippen molar-refractivity contribution in [3.05, 3.63) is 134 Å². The van der Waals surface area contributed by atoms with E-state index >= 15 is 0 Å². The first-order valence-electron chi connectivity index (χ1n) is 14.7. The van der Waals surface area contributed by atoms with Crippen LogP contribution in [0.1, 0.15) is 0 Å². The van der Waals surface area contributed by atoms with E-state index in [4.69, 9.17) is 13.8 Å². The van der Waals surface area contributed by atoms with Gasteiger partial charge in [0.25, 0.3) is 0 Å². The molecule has 44 heavy (non-hydrogen) atoms. The molecule has 0 atom stereocenters. The van der Waals surface area contributed by atoms with Crippen molar-refractivity contribution in [3.63, 3.8) is 0 Å². The van der Waals surface area contributed by atoms with Crippen molar-refractivity contribution in [2.75, 3.05) is 0 Å². The molecule has 0 aliphatic heterocycles. The summed E-state index contributed by atoms with van der Waals surface area (Å²) in [4.78, 5) is 9.69. The zero-order chi connectivity index (χ0) is 28.8. The van der Waals surface area contributed by atoms with E-state index in [2.05, 4.69) is 102 Å². The van der Waals surface area contributed by atoms with Crippen molar-refractivity contribution in [1.82, 2.24) is 9.97 Å². The number of hydrogen-bond donors (Lipinski definition) is 0. The Bertz CT molecular complexity index is 2790. The van der Waals surface area contributed by atoms with E-state index in [9.17, 15) is 0 Å². The van der Waals surface area contributed by atoms with Crippen LogP contribution in [0.25, 0.3) is 98.8 Å². The van der Waals surface area contributed by atoms with E-state index in [1.807, 2.05) is 36.5 Å². The first-order valence-corrected chi connectivity index (χ1v) is 14.7. The number of para-hydroxylation sites is 2. The molecule has 0 saturated heterocycles. The lowest BCUT2D eigenvalue weighted by Crippen LogP contribution is -1.89. The second-order valence-corrected chi connectivity index (χ2v) is 11.4. The molecule has 4 nitrogen and oxygen atoms in total. The summed E-state index contributed by atoms with van der Waals surface area (Å²) < 4.78 is 13.0. The van der Waals surface area contributed by atoms with Gasteiger partial charge in [-0.15, -0.1) is 0 Å². The normalized spacial score (nSPS) is 12.1. The lowest BCUT2D eigenvalue weighted by Gasteiger charge is -2.09. The van der Waals surface area contributed by atoms with Gasteiger partial charge in [-0.25, -0.2) is 4.98 Å². The standard InChI is InChI=1S/C40H22N2O2/c1-3-9-34-29(7-1)32-22-31(39-36(40(32)43-34)30-8-2-4-10-35(30)44-39)27-15-13-26-21-28(16-14-25(26)20-27)33-18-17-24-12-11-23-6-5-19-41-37(23)38(24)42-33/h1-22H. The Balaban J connectivity index is 1.16. The molecular formula is C40H22N2O2. The van der Waals surface area contributed by atoms with Gasteiger partial charge in [-0.2, -0.15) is 0 Å². The molecule has 10 aromatic rings. The van der Waals surface area contributed by atoms with Crippen molar-refractivity contribution in [2.24, 2.45) is 0 Å². The summed E-state index contributed by atoms with van der Waals surface area (Å²) in [5.74, 6) is 0. The topological polar surface area (TPSA) is 52.1 Å². The van der Waals surface area contributed by atoms with Crippen molar-refractivity contribution in [3.8, 4) is 22.4 Å². The average molecular weight is 563 g/mol. The fraction of sp³-hybridized carbons (Fsp3) is 0. The fourth-order valence-corrected chi connectivity index (χ4v) is 6.74. The van der Waals surface area contributed by atoms with E-state index in [1.54, 1.807) is 0 Å². The highest BCUT2D eigenvalue weighted by Crippen LogP contribution is 2.44. The molecule has 0 aliphatic rings. The minimum Gasteiger partial charge on any atom is -0.455 e. The molecule has 4 aromatic heterocycles. The van der Waals surface area contributed by atoms with Gasteiger partial charge < -0.3 is 8.83 Å². The zero-order valence-corrected chi connectivity index (χ0v) is 23.4. The maximum Gasteiger partial charge on any atom is 0.147 e. The quantitative estimate of drug-likeness (QED) is 0.197. The van der Waals surface area contributed by atoms with Gasteiger partial charge in [-0.3, -0.25) is 4.98 Å². The smallest absolute Gasteiger partial charge is 0.147 e. The SMILES string of the molecule is c1cnc2c(c1)ccc1ccc(-c3ccc4cc(-c5cc6c7ccccc7oc6c6c5oc5ccccc56)ccc4c3)nc12. The highest BCUT2D eigenvalue weighted by atomic mass is 16.3. The predicted molar refractivity (Wildman–Crippen MR) is 180 cm³/mol. The van der Waals surface area contributed by atoms with Crippen LogP contribution in [0.4, 0.5) is 0 Å². The third-order valence-electron chi connectivity index (χ3n) is 8.87. The van der Waals surface area contributed by atoms with E-state index in [0.717, 1.165) is 98.8 Å². The minimum atomic E-state index is 0.843. The molecule has 0 saturated carbocycles. The monoisotopic (exact) mass is 562 g/mol. The summed E-state index contributed by atoms with van der Waals surface area (Å²) in [5, 5.41) is 8.76. The van der Waals surface area contributed by atoms with Crippen molar-refractivity contribution in [2.45, 2.75) is 0 Å². The number of pyridine rings is 2. The molecule has 4 heterocycles. The molecule has 0 bridgehead atoms. The number of benzene rings is 6. The Morgan fingerprint density at radius 1 is 0.455 bits per heavy atom. The summed E-state index contributed by atoms with van der Waals surface area (Å²) in [6.45, 7) is 0. The maximum absolute atomic E-state index is 6.52. The van der Waals surface area contributed by atoms with Gasteiger partial charge in [-0.05, 0) is 58.8 Å². The van der Waals surface area contributed by atoms with Gasteiger partial charge in [0.15, 0.2) is 0 Å². The van der Waals surface area contributed by atoms with Crippen LogP contribution in [0.5, 0.6) is 0 Å². The van der Waals surface area contributed by atoms with Crippen LogP contribution in [-0.2, 0) is 0 Å². The Kier molecular flexibility index (Phi) is 4.69. The predicted octanol–water partition coefficient (Wildman–Crippen LogP) is 11.1. The Morgan fingerprint density at radius 2 is 1.11 bits per heavy atom. The van der Waals surface area contributed by atoms with Crippen LogP contribution in [0.15, 0.2) is 142 Å². The van der Waals surface area contributed by atoms with Gasteiger partial charge >= 0.3 is 0 Å². The molecule has 0 radical (unpaired) electrons. The minimum absolute atomic E-state index is 0.843. The van der Waals surface area contributed by atoms with Gasteiger partial charge in [0, 0.05) is 44.3 Å². The molecule has 0 N–H and O–H groups in total. The summed E-state index contributed by atoms with van der Waals surface area (Å²) in [5.41, 5.74) is 9.45. The van der Waals surface area contributed by atoms with Crippen LogP contribution >= 0.6 is 0 Å². The van der Waals surface area contributed by atoms with Gasteiger partial charge in [0.2, 0.25) is 0 Å². The van der Waals surface area contributed by atoms with Crippen molar-refractivity contribution >= 4 is 76.5 Å². The number of furan rings is 2. The summed E-state index contributed by atoms with van der Waals surface area (Å²) in [6, 6.07) is 44.3. The molecule has 10 rings (SSSR count). The number of aromatic nitrogens is 2. The summed E-state index contributed by atoms with van der Waals surface area (Å²) in [6.07, 6.45) is 1.83. The summed E-state index contributed by atoms with van der Waals surface area (Å²) >= 11 is 0. The lowest BCUT2D eigenvalue weighted by molar-refractivity contribution is 0.663. The molecule has 0 unspecified atom stereocenters. The van der Waals surface area contributed by atoms with E-state index in [-0.39, 0.29) is 0 Å². The highest BCUT2D eigenvalue weighted by molar-refractivity contribution is 6.25. The largest absolute Gasteiger partial charge is 0.455 e. The molecule has 0 fully saturated rings. The molecule has 0 spiro atoms. The van der Waals surface area contributed by atoms with Crippen LogP contribution in [0, 0.1) is 0 Å². The van der Waals surface area contributed by atoms with Crippen molar-refractivity contribution in [1.29, 1.82) is 0 Å². The lowest BCUT2D eigenvalue weighted by atomic mass is 9.96. The van der Waals surface area contributed by atoms with Crippen LogP contribution in [-0.4, -0.2) is 9.97 Å². The van der Waals surface area contributed by atoms with Gasteiger partial charge in [-0.1, -0.05) is 84.9 Å². The zero-order valence-electron chi connectivity index (χ0n) is 23.4. The van der Waals surface area contributed by atoms with Gasteiger partial charge in [0.05, 0.1) is 22.1 Å². The molecular weight excluding hydrogens is 540 g/mol. The number of rotatable bonds is 2. The van der Waals surface area contributed by atoms with Crippen LogP contribution in [0.2, 0.25) is 0 Å². The highest BCUT2D eigenvalue weighted by Gasteiger charge is 2.20. The van der Waals surface area contributed by atoms with Crippen molar-refractivity contribution < 1.29 is 8.83 Å². The number of hydrogen-bond acceptors (Lipinski definition) is 4. The Hall–Kier alpha value is -6.00. The molecule has 0 amide bonds. The summed E-state index contributed by atoms with van der Waals surface area (Å²) in [7, 11) is 0. The van der Waals surface area contributed by atoms with E-state index in [1.165, 1.54) is 0 Å². The first kappa shape index (κ1) is 23.6. The van der Waals surface area contributed by atoms with E-state index in [0.29, 0.717) is 0 Å². The van der Waals surface area contributed by atoms with Crippen LogP contribution < -0.4 is 0 Å². The molecule has 6 aromatic carbocycles. The van der Waals surface area contributed by atoms with Gasteiger partial charge in [0.1, 0.15) is 22.3 Å². The third-order valence-corrected chi connectivity index (χ3v) is 8.87. The second kappa shape index (κ2) is 8.76. The Morgan fingerprint density at radius 3 is 1.98 bits per heavy atom. The maximum atomic E-state index is 6.52. The average Bonchev–Trinajstić information content (AvgIpc) is 3.66. The van der Waals surface area contributed by atoms with E-state index < -0.39 is 0 Å².